The lowest BCUT2D eigenvalue weighted by molar-refractivity contribution is -0.137. The van der Waals surface area contributed by atoms with Gasteiger partial charge in [-0.1, -0.05) is 78.5 Å². The fourth-order valence-electron chi connectivity index (χ4n) is 3.85. The van der Waals surface area contributed by atoms with Gasteiger partial charge in [-0.25, -0.2) is 4.98 Å². The minimum absolute atomic E-state index is 0.321. The molecule has 0 aliphatic heterocycles. The molecule has 0 amide bonds. The Bertz CT molecular complexity index is 1410. The van der Waals surface area contributed by atoms with Gasteiger partial charge in [-0.15, -0.1) is 10.2 Å². The van der Waals surface area contributed by atoms with Crippen molar-refractivity contribution in [1.29, 1.82) is 0 Å². The third-order valence-electron chi connectivity index (χ3n) is 5.44. The summed E-state index contributed by atoms with van der Waals surface area (Å²) in [5.41, 5.74) is 3.62. The highest BCUT2D eigenvalue weighted by atomic mass is 32.2. The van der Waals surface area contributed by atoms with E-state index in [2.05, 4.69) is 26.9 Å². The van der Waals surface area contributed by atoms with Gasteiger partial charge < -0.3 is 4.57 Å². The average Bonchev–Trinajstić information content (AvgIpc) is 3.14. The van der Waals surface area contributed by atoms with Crippen molar-refractivity contribution in [1.82, 2.24) is 19.7 Å². The molecule has 166 valence electrons. The first-order chi connectivity index (χ1) is 16.0. The van der Waals surface area contributed by atoms with Crippen LogP contribution >= 0.6 is 11.8 Å². The fourth-order valence-corrected chi connectivity index (χ4v) is 4.57. The van der Waals surface area contributed by atoms with E-state index in [1.807, 2.05) is 42.5 Å². The minimum atomic E-state index is -4.36. The summed E-state index contributed by atoms with van der Waals surface area (Å²) in [7, 11) is 0. The van der Waals surface area contributed by atoms with Crippen molar-refractivity contribution in [3.8, 4) is 0 Å². The van der Waals surface area contributed by atoms with Crippen LogP contribution in [0.25, 0.3) is 22.1 Å². The molecule has 8 heteroatoms. The van der Waals surface area contributed by atoms with Crippen LogP contribution in [0.15, 0.2) is 84.0 Å². The van der Waals surface area contributed by atoms with E-state index in [9.17, 15) is 13.2 Å². The molecule has 0 bridgehead atoms. The van der Waals surface area contributed by atoms with Gasteiger partial charge in [0.05, 0.1) is 11.1 Å². The molecule has 0 atom stereocenters. The molecule has 2 aromatic heterocycles. The summed E-state index contributed by atoms with van der Waals surface area (Å²) in [4.78, 5) is 4.74. The molecule has 0 aliphatic rings. The Balaban J connectivity index is 1.45. The Labute approximate surface area is 192 Å². The number of benzene rings is 3. The van der Waals surface area contributed by atoms with E-state index in [-0.39, 0.29) is 0 Å². The molecule has 5 aromatic rings. The van der Waals surface area contributed by atoms with Crippen molar-refractivity contribution < 1.29 is 13.2 Å². The zero-order valence-electron chi connectivity index (χ0n) is 17.5. The summed E-state index contributed by atoms with van der Waals surface area (Å²) < 4.78 is 41.1. The van der Waals surface area contributed by atoms with Crippen LogP contribution in [0.1, 0.15) is 16.7 Å². The number of aryl methyl sites for hydroxylation is 2. The third-order valence-corrected chi connectivity index (χ3v) is 6.35. The fraction of sp³-hybridized carbons (Fsp3) is 0.160. The lowest BCUT2D eigenvalue weighted by Gasteiger charge is -2.09. The molecular weight excluding hydrogens is 445 g/mol. The highest BCUT2D eigenvalue weighted by Crippen LogP contribution is 2.31. The summed E-state index contributed by atoms with van der Waals surface area (Å²) >= 11 is 1.28. The zero-order chi connectivity index (χ0) is 22.8. The van der Waals surface area contributed by atoms with Crippen LogP contribution in [0, 0.1) is 0 Å². The summed E-state index contributed by atoms with van der Waals surface area (Å²) in [5.74, 6) is 0.321. The Morgan fingerprint density at radius 1 is 0.818 bits per heavy atom. The second-order valence-electron chi connectivity index (χ2n) is 7.66. The molecular formula is C25H19F3N4S. The lowest BCUT2D eigenvalue weighted by atomic mass is 10.1. The molecule has 0 spiro atoms. The smallest absolute Gasteiger partial charge is 0.323 e. The molecule has 4 nitrogen and oxygen atoms in total. The average molecular weight is 465 g/mol. The molecule has 5 rings (SSSR count). The number of rotatable bonds is 6. The number of thioether (sulfide) groups is 1. The number of nitrogens with zero attached hydrogens (tertiary/aromatic N) is 4. The molecule has 0 saturated carbocycles. The maximum atomic E-state index is 13.0. The van der Waals surface area contributed by atoms with Crippen molar-refractivity contribution in [3.05, 3.63) is 95.6 Å². The van der Waals surface area contributed by atoms with E-state index < -0.39 is 11.7 Å². The zero-order valence-corrected chi connectivity index (χ0v) is 18.3. The van der Waals surface area contributed by atoms with E-state index in [4.69, 9.17) is 4.98 Å². The lowest BCUT2D eigenvalue weighted by Crippen LogP contribution is -2.05. The van der Waals surface area contributed by atoms with Crippen LogP contribution in [0.5, 0.6) is 0 Å². The Hall–Kier alpha value is -3.39. The molecule has 0 radical (unpaired) electrons. The second-order valence-corrected chi connectivity index (χ2v) is 8.60. The molecule has 33 heavy (non-hydrogen) atoms. The number of halogens is 3. The molecule has 0 fully saturated rings. The van der Waals surface area contributed by atoms with Crippen LogP contribution in [0.4, 0.5) is 13.2 Å². The summed E-state index contributed by atoms with van der Waals surface area (Å²) in [6.07, 6.45) is -3.53. The van der Waals surface area contributed by atoms with Gasteiger partial charge in [0.25, 0.3) is 0 Å². The largest absolute Gasteiger partial charge is 0.416 e. The molecule has 3 aromatic carbocycles. The monoisotopic (exact) mass is 464 g/mol. The minimum Gasteiger partial charge on any atom is -0.323 e. The first-order valence-electron chi connectivity index (χ1n) is 10.4. The van der Waals surface area contributed by atoms with Crippen LogP contribution in [-0.2, 0) is 24.9 Å². The number of para-hydroxylation sites is 1. The standard InChI is InChI=1S/C25H19F3N4S/c26-25(27,28)19-10-6-9-18(15-19)16-33-24-29-23-22(30-31-24)20-11-4-5-12-21(20)32(23)14-13-17-7-2-1-3-8-17/h1-12,15H,13-14,16H2. The highest BCUT2D eigenvalue weighted by Gasteiger charge is 2.30. The van der Waals surface area contributed by atoms with Crippen molar-refractivity contribution in [2.24, 2.45) is 0 Å². The normalized spacial score (nSPS) is 12.0. The summed E-state index contributed by atoms with van der Waals surface area (Å²) in [6, 6.07) is 23.5. The third kappa shape index (κ3) is 4.57. The molecule has 2 heterocycles. The maximum absolute atomic E-state index is 13.0. The van der Waals surface area contributed by atoms with Crippen LogP contribution < -0.4 is 0 Å². The SMILES string of the molecule is FC(F)(F)c1cccc(CSc2nnc3c4ccccc4n(CCc4ccccc4)c3n2)c1. The summed E-state index contributed by atoms with van der Waals surface area (Å²) in [6.45, 7) is 0.727. The van der Waals surface area contributed by atoms with Gasteiger partial charge in [0, 0.05) is 17.7 Å². The van der Waals surface area contributed by atoms with Crippen molar-refractivity contribution in [2.45, 2.75) is 30.1 Å². The first kappa shape index (κ1) is 21.5. The quantitative estimate of drug-likeness (QED) is 0.268. The first-order valence-corrected chi connectivity index (χ1v) is 11.4. The number of alkyl halides is 3. The van der Waals surface area contributed by atoms with E-state index in [1.54, 1.807) is 6.07 Å². The maximum Gasteiger partial charge on any atom is 0.416 e. The Morgan fingerprint density at radius 2 is 1.58 bits per heavy atom. The van der Waals surface area contributed by atoms with Crippen LogP contribution in [0.3, 0.4) is 0 Å². The Morgan fingerprint density at radius 3 is 2.39 bits per heavy atom. The van der Waals surface area contributed by atoms with Gasteiger partial charge in [0.1, 0.15) is 5.52 Å². The van der Waals surface area contributed by atoms with E-state index in [0.29, 0.717) is 16.5 Å². The van der Waals surface area contributed by atoms with Crippen molar-refractivity contribution in [2.75, 3.05) is 0 Å². The van der Waals surface area contributed by atoms with Gasteiger partial charge >= 0.3 is 6.18 Å². The van der Waals surface area contributed by atoms with Crippen LogP contribution in [-0.4, -0.2) is 19.7 Å². The molecule has 0 saturated heterocycles. The van der Waals surface area contributed by atoms with Gasteiger partial charge in [0.2, 0.25) is 5.16 Å². The summed E-state index contributed by atoms with van der Waals surface area (Å²) in [5, 5.41) is 10.1. The second kappa shape index (κ2) is 8.86. The van der Waals surface area contributed by atoms with E-state index >= 15 is 0 Å². The predicted octanol–water partition coefficient (Wildman–Crippen LogP) is 6.53. The number of fused-ring (bicyclic) bond motifs is 3. The Kier molecular flexibility index (Phi) is 5.76. The van der Waals surface area contributed by atoms with Crippen molar-refractivity contribution >= 4 is 33.8 Å². The van der Waals surface area contributed by atoms with Gasteiger partial charge in [-0.05, 0) is 29.7 Å². The predicted molar refractivity (Wildman–Crippen MR) is 124 cm³/mol. The van der Waals surface area contributed by atoms with E-state index in [0.717, 1.165) is 47.2 Å². The highest BCUT2D eigenvalue weighted by molar-refractivity contribution is 7.98. The van der Waals surface area contributed by atoms with Crippen molar-refractivity contribution in [3.63, 3.8) is 0 Å². The number of hydrogen-bond donors (Lipinski definition) is 0. The number of hydrogen-bond acceptors (Lipinski definition) is 4. The molecule has 0 N–H and O–H groups in total. The topological polar surface area (TPSA) is 43.6 Å². The van der Waals surface area contributed by atoms with Gasteiger partial charge in [0.15, 0.2) is 5.65 Å². The van der Waals surface area contributed by atoms with Gasteiger partial charge in [-0.3, -0.25) is 0 Å². The number of aromatic nitrogens is 4. The van der Waals surface area contributed by atoms with E-state index in [1.165, 1.54) is 23.4 Å². The molecule has 0 aliphatic carbocycles. The van der Waals surface area contributed by atoms with Crippen LogP contribution in [0.2, 0.25) is 0 Å². The molecule has 0 unspecified atom stereocenters. The van der Waals surface area contributed by atoms with Gasteiger partial charge in [-0.2, -0.15) is 13.2 Å².